The van der Waals surface area contributed by atoms with Crippen LogP contribution in [0, 0.1) is 12.3 Å². The minimum atomic E-state index is 0.0537. The number of nitrogens with two attached hydrogens (primary N) is 1. The summed E-state index contributed by atoms with van der Waals surface area (Å²) in [5, 5.41) is 9.75. The van der Waals surface area contributed by atoms with Crippen LogP contribution >= 0.6 is 11.6 Å². The van der Waals surface area contributed by atoms with Crippen LogP contribution in [0.3, 0.4) is 0 Å². The molecule has 1 aromatic rings. The van der Waals surface area contributed by atoms with Crippen LogP contribution in [-0.2, 0) is 6.54 Å². The minimum Gasteiger partial charge on any atom is -0.508 e. The van der Waals surface area contributed by atoms with E-state index in [4.69, 9.17) is 23.8 Å². The average molecular weight is 182 g/mol. The molecule has 0 aliphatic carbocycles. The molecule has 0 spiro atoms. The highest BCUT2D eigenvalue weighted by molar-refractivity contribution is 6.31. The van der Waals surface area contributed by atoms with Crippen molar-refractivity contribution in [3.63, 3.8) is 0 Å². The summed E-state index contributed by atoms with van der Waals surface area (Å²) in [5.41, 5.74) is 6.42. The third-order valence-electron chi connectivity index (χ3n) is 1.54. The summed E-state index contributed by atoms with van der Waals surface area (Å²) in [5.74, 6) is 2.43. The van der Waals surface area contributed by atoms with E-state index >= 15 is 0 Å². The Bertz CT molecular complexity index is 318. The van der Waals surface area contributed by atoms with Crippen molar-refractivity contribution in [1.82, 2.24) is 0 Å². The lowest BCUT2D eigenvalue weighted by Gasteiger charge is -2.04. The van der Waals surface area contributed by atoms with Crippen molar-refractivity contribution < 1.29 is 5.11 Å². The maximum absolute atomic E-state index is 9.34. The Hall–Kier alpha value is -1.17. The van der Waals surface area contributed by atoms with Gasteiger partial charge >= 0.3 is 0 Å². The van der Waals surface area contributed by atoms with Crippen molar-refractivity contribution in [1.29, 1.82) is 0 Å². The van der Waals surface area contributed by atoms with Crippen molar-refractivity contribution in [3.8, 4) is 18.1 Å². The Morgan fingerprint density at radius 3 is 2.67 bits per heavy atom. The molecule has 0 amide bonds. The van der Waals surface area contributed by atoms with E-state index in [1.165, 1.54) is 6.07 Å². The maximum atomic E-state index is 9.34. The van der Waals surface area contributed by atoms with Crippen molar-refractivity contribution >= 4 is 11.6 Å². The third-order valence-corrected chi connectivity index (χ3v) is 1.88. The van der Waals surface area contributed by atoms with Gasteiger partial charge < -0.3 is 10.8 Å². The van der Waals surface area contributed by atoms with Crippen LogP contribution < -0.4 is 5.73 Å². The molecule has 3 heteroatoms. The van der Waals surface area contributed by atoms with Gasteiger partial charge in [-0.1, -0.05) is 17.5 Å². The van der Waals surface area contributed by atoms with Crippen molar-refractivity contribution in [2.45, 2.75) is 6.54 Å². The SMILES string of the molecule is C#Cc1cc(O)c(CN)c(Cl)c1. The summed E-state index contributed by atoms with van der Waals surface area (Å²) in [6.07, 6.45) is 5.13. The molecule has 62 valence electrons. The first-order valence-electron chi connectivity index (χ1n) is 3.37. The lowest BCUT2D eigenvalue weighted by atomic mass is 10.1. The Balaban J connectivity index is 3.30. The number of benzene rings is 1. The quantitative estimate of drug-likeness (QED) is 0.645. The monoisotopic (exact) mass is 181 g/mol. The highest BCUT2D eigenvalue weighted by Crippen LogP contribution is 2.26. The van der Waals surface area contributed by atoms with Crippen LogP contribution in [0.4, 0.5) is 0 Å². The number of rotatable bonds is 1. The molecule has 12 heavy (non-hydrogen) atoms. The highest BCUT2D eigenvalue weighted by atomic mass is 35.5. The fraction of sp³-hybridized carbons (Fsp3) is 0.111. The Kier molecular flexibility index (Phi) is 2.59. The van der Waals surface area contributed by atoms with Crippen LogP contribution in [0.1, 0.15) is 11.1 Å². The number of terminal acetylenes is 1. The Morgan fingerprint density at radius 2 is 2.25 bits per heavy atom. The minimum absolute atomic E-state index is 0.0537. The molecule has 0 aliphatic heterocycles. The molecule has 0 radical (unpaired) electrons. The van der Waals surface area contributed by atoms with Gasteiger partial charge in [-0.2, -0.15) is 0 Å². The lowest BCUT2D eigenvalue weighted by Crippen LogP contribution is -1.98. The second-order valence-corrected chi connectivity index (χ2v) is 2.71. The lowest BCUT2D eigenvalue weighted by molar-refractivity contribution is 0.468. The van der Waals surface area contributed by atoms with E-state index in [0.29, 0.717) is 16.1 Å². The highest BCUT2D eigenvalue weighted by Gasteiger charge is 2.05. The fourth-order valence-electron chi connectivity index (χ4n) is 0.907. The van der Waals surface area contributed by atoms with Gasteiger partial charge in [-0.05, 0) is 12.1 Å². The zero-order valence-electron chi connectivity index (χ0n) is 6.34. The fourth-order valence-corrected chi connectivity index (χ4v) is 1.20. The molecule has 1 aromatic carbocycles. The average Bonchev–Trinajstić information content (AvgIpc) is 2.03. The molecular formula is C9H8ClNO. The van der Waals surface area contributed by atoms with Crippen molar-refractivity contribution in [3.05, 3.63) is 28.3 Å². The first kappa shape index (κ1) is 8.92. The number of phenols is 1. The van der Waals surface area contributed by atoms with Crippen molar-refractivity contribution in [2.75, 3.05) is 0 Å². The van der Waals surface area contributed by atoms with Gasteiger partial charge in [-0.3, -0.25) is 0 Å². The number of hydrogen-bond acceptors (Lipinski definition) is 2. The first-order chi connectivity index (χ1) is 5.69. The topological polar surface area (TPSA) is 46.2 Å². The predicted octanol–water partition coefficient (Wildman–Crippen LogP) is 1.49. The smallest absolute Gasteiger partial charge is 0.122 e. The maximum Gasteiger partial charge on any atom is 0.122 e. The molecule has 0 unspecified atom stereocenters. The predicted molar refractivity (Wildman–Crippen MR) is 48.9 cm³/mol. The van der Waals surface area contributed by atoms with Gasteiger partial charge in [-0.25, -0.2) is 0 Å². The molecule has 0 fully saturated rings. The van der Waals surface area contributed by atoms with E-state index < -0.39 is 0 Å². The van der Waals surface area contributed by atoms with Gasteiger partial charge in [0.25, 0.3) is 0 Å². The van der Waals surface area contributed by atoms with Crippen molar-refractivity contribution in [2.24, 2.45) is 5.73 Å². The summed E-state index contributed by atoms with van der Waals surface area (Å²) in [6.45, 7) is 0.204. The van der Waals surface area contributed by atoms with E-state index in [-0.39, 0.29) is 12.3 Å². The van der Waals surface area contributed by atoms with Crippen LogP contribution in [0.5, 0.6) is 5.75 Å². The van der Waals surface area contributed by atoms with E-state index in [2.05, 4.69) is 5.92 Å². The molecule has 0 heterocycles. The second kappa shape index (κ2) is 3.48. The molecule has 0 aliphatic rings. The molecule has 2 nitrogen and oxygen atoms in total. The summed E-state index contributed by atoms with van der Waals surface area (Å²) in [7, 11) is 0. The van der Waals surface area contributed by atoms with E-state index in [0.717, 1.165) is 0 Å². The third kappa shape index (κ3) is 1.53. The van der Waals surface area contributed by atoms with Crippen LogP contribution in [0.2, 0.25) is 5.02 Å². The number of halogens is 1. The first-order valence-corrected chi connectivity index (χ1v) is 3.75. The van der Waals surface area contributed by atoms with E-state index in [9.17, 15) is 5.11 Å². The van der Waals surface area contributed by atoms with Crippen LogP contribution in [0.15, 0.2) is 12.1 Å². The molecule has 0 atom stereocenters. The van der Waals surface area contributed by atoms with Crippen LogP contribution in [0.25, 0.3) is 0 Å². The zero-order chi connectivity index (χ0) is 9.14. The summed E-state index contributed by atoms with van der Waals surface area (Å²) in [4.78, 5) is 0. The summed E-state index contributed by atoms with van der Waals surface area (Å²) >= 11 is 5.78. The van der Waals surface area contributed by atoms with Gasteiger partial charge in [0.1, 0.15) is 5.75 Å². The van der Waals surface area contributed by atoms with Gasteiger partial charge in [0.2, 0.25) is 0 Å². The standard InChI is InChI=1S/C9H8ClNO/c1-2-6-3-8(10)7(5-11)9(12)4-6/h1,3-4,12H,5,11H2. The molecule has 1 rings (SSSR count). The van der Waals surface area contributed by atoms with E-state index in [1.807, 2.05) is 0 Å². The number of phenolic OH excluding ortho intramolecular Hbond substituents is 1. The van der Waals surface area contributed by atoms with Gasteiger partial charge in [0.05, 0.1) is 0 Å². The summed E-state index contributed by atoms with van der Waals surface area (Å²) < 4.78 is 0. The number of hydrogen-bond donors (Lipinski definition) is 2. The molecule has 0 saturated carbocycles. The largest absolute Gasteiger partial charge is 0.508 e. The molecular weight excluding hydrogens is 174 g/mol. The molecule has 0 bridgehead atoms. The van der Waals surface area contributed by atoms with E-state index in [1.54, 1.807) is 6.07 Å². The molecule has 0 saturated heterocycles. The molecule has 3 N–H and O–H groups in total. The van der Waals surface area contributed by atoms with Crippen LogP contribution in [-0.4, -0.2) is 5.11 Å². The zero-order valence-corrected chi connectivity index (χ0v) is 7.10. The number of aromatic hydroxyl groups is 1. The Morgan fingerprint density at radius 1 is 1.58 bits per heavy atom. The summed E-state index contributed by atoms with van der Waals surface area (Å²) in [6, 6.07) is 3.07. The van der Waals surface area contributed by atoms with Gasteiger partial charge in [-0.15, -0.1) is 6.42 Å². The second-order valence-electron chi connectivity index (χ2n) is 2.30. The van der Waals surface area contributed by atoms with Gasteiger partial charge in [0, 0.05) is 22.7 Å². The van der Waals surface area contributed by atoms with Gasteiger partial charge in [0.15, 0.2) is 0 Å². The molecule has 0 aromatic heterocycles. The normalized spacial score (nSPS) is 9.42. The Labute approximate surface area is 76.0 Å².